The molecule has 5 heteroatoms. The molecule has 1 aliphatic heterocycles. The predicted octanol–water partition coefficient (Wildman–Crippen LogP) is 9.04. The van der Waals surface area contributed by atoms with Gasteiger partial charge in [0.05, 0.1) is 11.6 Å². The van der Waals surface area contributed by atoms with E-state index in [9.17, 15) is 19.1 Å². The molecular formula is C34H46FNO3. The summed E-state index contributed by atoms with van der Waals surface area (Å²) >= 11 is 0. The second-order valence-electron chi connectivity index (χ2n) is 11.0. The molecular weight excluding hydrogens is 489 g/mol. The van der Waals surface area contributed by atoms with Gasteiger partial charge >= 0.3 is 0 Å². The zero-order valence-corrected chi connectivity index (χ0v) is 23.9. The first-order valence-electron chi connectivity index (χ1n) is 15.0. The third-order valence-electron chi connectivity index (χ3n) is 7.80. The number of aryl methyl sites for hydroxylation is 1. The molecule has 1 atom stereocenters. The molecule has 3 rings (SSSR count). The van der Waals surface area contributed by atoms with E-state index in [0.29, 0.717) is 17.7 Å². The van der Waals surface area contributed by atoms with Crippen molar-refractivity contribution in [2.45, 2.75) is 110 Å². The Labute approximate surface area is 234 Å². The molecule has 0 saturated carbocycles. The van der Waals surface area contributed by atoms with Gasteiger partial charge < -0.3 is 10.0 Å². The summed E-state index contributed by atoms with van der Waals surface area (Å²) in [5.74, 6) is -1.87. The summed E-state index contributed by atoms with van der Waals surface area (Å²) in [5, 5.41) is 11.1. The Kier molecular flexibility index (Phi) is 12.7. The first kappa shape index (κ1) is 30.6. The van der Waals surface area contributed by atoms with Crippen molar-refractivity contribution in [2.24, 2.45) is 0 Å². The van der Waals surface area contributed by atoms with Crippen molar-refractivity contribution < 1.29 is 19.1 Å². The normalized spacial score (nSPS) is 16.8. The minimum Gasteiger partial charge on any atom is -0.507 e. The van der Waals surface area contributed by atoms with Gasteiger partial charge in [-0.15, -0.1) is 0 Å². The maximum atomic E-state index is 13.7. The number of aliphatic hydroxyl groups is 1. The molecule has 0 aromatic heterocycles. The van der Waals surface area contributed by atoms with Crippen LogP contribution >= 0.6 is 0 Å². The van der Waals surface area contributed by atoms with Crippen LogP contribution < -0.4 is 0 Å². The second-order valence-corrected chi connectivity index (χ2v) is 11.0. The molecule has 39 heavy (non-hydrogen) atoms. The van der Waals surface area contributed by atoms with Crippen LogP contribution in [0.15, 0.2) is 54.1 Å². The minimum atomic E-state index is -0.728. The van der Waals surface area contributed by atoms with Crippen LogP contribution in [0.3, 0.4) is 0 Å². The Balaban J connectivity index is 1.52. The second kappa shape index (κ2) is 16.2. The van der Waals surface area contributed by atoms with Crippen LogP contribution in [-0.2, 0) is 9.59 Å². The highest BCUT2D eigenvalue weighted by Gasteiger charge is 2.45. The van der Waals surface area contributed by atoms with E-state index in [1.807, 2.05) is 19.1 Å². The number of aliphatic hydroxyl groups excluding tert-OH is 1. The van der Waals surface area contributed by atoms with Crippen LogP contribution in [-0.4, -0.2) is 28.2 Å². The van der Waals surface area contributed by atoms with Crippen LogP contribution in [0.4, 0.5) is 4.39 Å². The largest absolute Gasteiger partial charge is 0.507 e. The summed E-state index contributed by atoms with van der Waals surface area (Å²) in [6.45, 7) is 4.62. The molecule has 0 radical (unpaired) electrons. The van der Waals surface area contributed by atoms with Gasteiger partial charge in [0.1, 0.15) is 11.6 Å². The SMILES string of the molecule is CCCCCCCCCCCCCCCCN1C(=O)C(=O)C(=C(O)c2ccc(C)cc2)[C@H]1c1ccc(F)cc1. The van der Waals surface area contributed by atoms with Crippen LogP contribution in [0.1, 0.15) is 120 Å². The number of nitrogens with zero attached hydrogens (tertiary/aromatic N) is 1. The fourth-order valence-electron chi connectivity index (χ4n) is 5.45. The number of hydrogen-bond acceptors (Lipinski definition) is 3. The van der Waals surface area contributed by atoms with Gasteiger partial charge in [-0.2, -0.15) is 0 Å². The molecule has 4 nitrogen and oxygen atoms in total. The van der Waals surface area contributed by atoms with Crippen molar-refractivity contribution in [1.29, 1.82) is 0 Å². The summed E-state index contributed by atoms with van der Waals surface area (Å²) in [5.41, 5.74) is 2.21. The third kappa shape index (κ3) is 9.05. The van der Waals surface area contributed by atoms with Gasteiger partial charge in [-0.1, -0.05) is 132 Å². The monoisotopic (exact) mass is 535 g/mol. The van der Waals surface area contributed by atoms with Gasteiger partial charge in [0.25, 0.3) is 11.7 Å². The summed E-state index contributed by atoms with van der Waals surface area (Å²) in [4.78, 5) is 27.7. The highest BCUT2D eigenvalue weighted by molar-refractivity contribution is 6.46. The van der Waals surface area contributed by atoms with E-state index in [-0.39, 0.29) is 17.1 Å². The number of unbranched alkanes of at least 4 members (excludes halogenated alkanes) is 13. The Morgan fingerprint density at radius 3 is 1.74 bits per heavy atom. The number of likely N-dealkylation sites (tertiary alicyclic amines) is 1. The number of carbonyl (C=O) groups is 2. The van der Waals surface area contributed by atoms with Crippen molar-refractivity contribution in [3.05, 3.63) is 76.6 Å². The van der Waals surface area contributed by atoms with E-state index in [2.05, 4.69) is 6.92 Å². The Morgan fingerprint density at radius 1 is 0.744 bits per heavy atom. The molecule has 1 heterocycles. The molecule has 212 valence electrons. The summed E-state index contributed by atoms with van der Waals surface area (Å²) in [6, 6.07) is 12.3. The van der Waals surface area contributed by atoms with E-state index < -0.39 is 17.7 Å². The van der Waals surface area contributed by atoms with Crippen LogP contribution in [0, 0.1) is 12.7 Å². The van der Waals surface area contributed by atoms with Gasteiger partial charge in [-0.05, 0) is 31.0 Å². The molecule has 2 aromatic carbocycles. The van der Waals surface area contributed by atoms with Gasteiger partial charge in [0, 0.05) is 12.1 Å². The van der Waals surface area contributed by atoms with Gasteiger partial charge in [-0.25, -0.2) is 4.39 Å². The summed E-state index contributed by atoms with van der Waals surface area (Å²) in [6.07, 6.45) is 17.4. The number of hydrogen-bond donors (Lipinski definition) is 1. The average molecular weight is 536 g/mol. The molecule has 1 saturated heterocycles. The van der Waals surface area contributed by atoms with E-state index in [1.54, 1.807) is 29.2 Å². The molecule has 0 spiro atoms. The predicted molar refractivity (Wildman–Crippen MR) is 157 cm³/mol. The standard InChI is InChI=1S/C34H46FNO3/c1-3-4-5-6-7-8-9-10-11-12-13-14-15-16-25-36-31(27-21-23-29(35)24-22-27)30(33(38)34(36)39)32(37)28-19-17-26(2)18-20-28/h17-24,31,37H,3-16,25H2,1-2H3/t31-/m1/s1. The number of halogens is 1. The Hall–Kier alpha value is -2.95. The first-order chi connectivity index (χ1) is 18.9. The molecule has 1 fully saturated rings. The Bertz CT molecular complexity index is 1070. The molecule has 0 aliphatic carbocycles. The highest BCUT2D eigenvalue weighted by Crippen LogP contribution is 2.39. The summed E-state index contributed by atoms with van der Waals surface area (Å²) < 4.78 is 13.7. The first-order valence-corrected chi connectivity index (χ1v) is 15.0. The van der Waals surface area contributed by atoms with E-state index in [1.165, 1.54) is 82.8 Å². The number of Topliss-reactive ketones (excluding diaryl/α,β-unsaturated/α-hetero) is 1. The van der Waals surface area contributed by atoms with E-state index in [4.69, 9.17) is 0 Å². The third-order valence-corrected chi connectivity index (χ3v) is 7.80. The lowest BCUT2D eigenvalue weighted by atomic mass is 9.95. The fourth-order valence-corrected chi connectivity index (χ4v) is 5.45. The number of benzene rings is 2. The molecule has 2 aromatic rings. The van der Waals surface area contributed by atoms with Crippen molar-refractivity contribution in [2.75, 3.05) is 6.54 Å². The van der Waals surface area contributed by atoms with Gasteiger partial charge in [-0.3, -0.25) is 9.59 Å². The molecule has 1 amide bonds. The summed E-state index contributed by atoms with van der Waals surface area (Å²) in [7, 11) is 0. The quantitative estimate of drug-likeness (QED) is 0.0951. The maximum Gasteiger partial charge on any atom is 0.295 e. The van der Waals surface area contributed by atoms with Crippen molar-refractivity contribution >= 4 is 17.4 Å². The molecule has 1 N–H and O–H groups in total. The zero-order valence-electron chi connectivity index (χ0n) is 23.9. The number of ketones is 1. The number of amides is 1. The number of carbonyl (C=O) groups excluding carboxylic acids is 2. The van der Waals surface area contributed by atoms with Crippen LogP contribution in [0.25, 0.3) is 5.76 Å². The highest BCUT2D eigenvalue weighted by atomic mass is 19.1. The average Bonchev–Trinajstić information content (AvgIpc) is 3.18. The Morgan fingerprint density at radius 2 is 1.23 bits per heavy atom. The van der Waals surface area contributed by atoms with Crippen molar-refractivity contribution in [3.63, 3.8) is 0 Å². The fraction of sp³-hybridized carbons (Fsp3) is 0.529. The molecule has 0 unspecified atom stereocenters. The maximum absolute atomic E-state index is 13.7. The minimum absolute atomic E-state index is 0.0702. The van der Waals surface area contributed by atoms with Gasteiger partial charge in [0.15, 0.2) is 0 Å². The smallest absolute Gasteiger partial charge is 0.295 e. The lowest BCUT2D eigenvalue weighted by molar-refractivity contribution is -0.139. The molecule has 0 bridgehead atoms. The van der Waals surface area contributed by atoms with E-state index >= 15 is 0 Å². The van der Waals surface area contributed by atoms with E-state index in [0.717, 1.165) is 24.8 Å². The van der Waals surface area contributed by atoms with Crippen molar-refractivity contribution in [3.8, 4) is 0 Å². The van der Waals surface area contributed by atoms with Crippen LogP contribution in [0.2, 0.25) is 0 Å². The lowest BCUT2D eigenvalue weighted by Gasteiger charge is -2.25. The number of rotatable bonds is 17. The zero-order chi connectivity index (χ0) is 28.0. The molecule has 1 aliphatic rings. The topological polar surface area (TPSA) is 57.6 Å². The van der Waals surface area contributed by atoms with Crippen molar-refractivity contribution in [1.82, 2.24) is 4.90 Å². The lowest BCUT2D eigenvalue weighted by Crippen LogP contribution is -2.30. The van der Waals surface area contributed by atoms with Crippen LogP contribution in [0.5, 0.6) is 0 Å². The van der Waals surface area contributed by atoms with Gasteiger partial charge in [0.2, 0.25) is 0 Å².